The number of hydrogen-bond donors (Lipinski definition) is 1. The lowest BCUT2D eigenvalue weighted by Crippen LogP contribution is -1.94. The monoisotopic (exact) mass is 329 g/mol. The van der Waals surface area contributed by atoms with E-state index in [0.29, 0.717) is 27.2 Å². The number of benzene rings is 2. The Morgan fingerprint density at radius 1 is 1.05 bits per heavy atom. The van der Waals surface area contributed by atoms with Crippen molar-refractivity contribution in [2.45, 2.75) is 0 Å². The van der Waals surface area contributed by atoms with Crippen molar-refractivity contribution in [1.29, 1.82) is 10.5 Å². The van der Waals surface area contributed by atoms with E-state index in [1.54, 1.807) is 54.6 Å². The average Bonchev–Trinajstić information content (AvgIpc) is 2.52. The number of nitrogens with one attached hydrogen (secondary N) is 1. The number of nitrogens with zero attached hydrogens (tertiary/aromatic N) is 2. The molecule has 0 radical (unpaired) electrons. The fourth-order valence-corrected chi connectivity index (χ4v) is 1.94. The zero-order valence-corrected chi connectivity index (χ0v) is 12.7. The van der Waals surface area contributed by atoms with Crippen molar-refractivity contribution in [3.8, 4) is 23.6 Å². The van der Waals surface area contributed by atoms with E-state index in [4.69, 9.17) is 38.5 Å². The molecule has 0 saturated heterocycles. The minimum atomic E-state index is -0.0660. The minimum absolute atomic E-state index is 0.0660. The van der Waals surface area contributed by atoms with E-state index in [1.807, 2.05) is 0 Å². The predicted molar refractivity (Wildman–Crippen MR) is 85.9 cm³/mol. The molecule has 1 N–H and O–H groups in total. The molecule has 0 saturated carbocycles. The number of ether oxygens (including phenoxy) is 1. The molecule has 0 bridgehead atoms. The molecule has 0 unspecified atom stereocenters. The quantitative estimate of drug-likeness (QED) is 0.789. The van der Waals surface area contributed by atoms with Gasteiger partial charge in [-0.1, -0.05) is 35.3 Å². The number of halogens is 2. The lowest BCUT2D eigenvalue weighted by molar-refractivity contribution is 0.485. The van der Waals surface area contributed by atoms with Crippen molar-refractivity contribution in [1.82, 2.24) is 0 Å². The van der Waals surface area contributed by atoms with Gasteiger partial charge in [0, 0.05) is 11.2 Å². The molecule has 0 aromatic heterocycles. The molecule has 0 atom stereocenters. The van der Waals surface area contributed by atoms with Gasteiger partial charge in [-0.25, -0.2) is 0 Å². The molecule has 2 rings (SSSR count). The molecule has 6 heteroatoms. The van der Waals surface area contributed by atoms with Gasteiger partial charge in [0.15, 0.2) is 5.75 Å². The van der Waals surface area contributed by atoms with Crippen LogP contribution in [0.15, 0.2) is 54.2 Å². The number of para-hydroxylation sites is 1. The summed E-state index contributed by atoms with van der Waals surface area (Å²) in [6.07, 6.45) is 1.28. The molecule has 4 nitrogen and oxygen atoms in total. The van der Waals surface area contributed by atoms with Crippen molar-refractivity contribution in [3.05, 3.63) is 64.3 Å². The van der Waals surface area contributed by atoms with E-state index in [0.717, 1.165) is 0 Å². The smallest absolute Gasteiger partial charge is 0.151 e. The van der Waals surface area contributed by atoms with Crippen LogP contribution in [-0.4, -0.2) is 0 Å². The van der Waals surface area contributed by atoms with Crippen LogP contribution in [-0.2, 0) is 0 Å². The third kappa shape index (κ3) is 3.93. The summed E-state index contributed by atoms with van der Waals surface area (Å²) in [6, 6.07) is 15.5. The van der Waals surface area contributed by atoms with Crippen LogP contribution in [0.5, 0.6) is 11.5 Å². The highest BCUT2D eigenvalue weighted by molar-refractivity contribution is 6.32. The van der Waals surface area contributed by atoms with Gasteiger partial charge >= 0.3 is 0 Å². The molecule has 2 aromatic carbocycles. The van der Waals surface area contributed by atoms with Gasteiger partial charge < -0.3 is 10.1 Å². The minimum Gasteiger partial charge on any atom is -0.454 e. The Labute approximate surface area is 137 Å². The van der Waals surface area contributed by atoms with E-state index in [9.17, 15) is 0 Å². The Kier molecular flexibility index (Phi) is 5.27. The van der Waals surface area contributed by atoms with Crippen molar-refractivity contribution >= 4 is 28.9 Å². The lowest BCUT2D eigenvalue weighted by Gasteiger charge is -2.12. The number of nitriles is 2. The Morgan fingerprint density at radius 2 is 1.77 bits per heavy atom. The Balaban J connectivity index is 2.33. The largest absolute Gasteiger partial charge is 0.454 e. The number of anilines is 1. The normalized spacial score (nSPS) is 9.27. The summed E-state index contributed by atoms with van der Waals surface area (Å²) in [4.78, 5) is 0. The molecule has 0 aliphatic carbocycles. The summed E-state index contributed by atoms with van der Waals surface area (Å²) < 4.78 is 5.75. The standard InChI is InChI=1S/C16H9Cl2N3O/c17-12-5-6-16(22-15-4-2-1-3-13(15)18)14(7-12)21-10-11(8-19)9-20/h1-7,10,21H. The van der Waals surface area contributed by atoms with E-state index in [-0.39, 0.29) is 5.57 Å². The van der Waals surface area contributed by atoms with E-state index in [1.165, 1.54) is 6.20 Å². The molecule has 0 aliphatic rings. The van der Waals surface area contributed by atoms with Crippen molar-refractivity contribution < 1.29 is 4.74 Å². The SMILES string of the molecule is N#CC(C#N)=CNc1cc(Cl)ccc1Oc1ccccc1Cl. The first kappa shape index (κ1) is 15.7. The molecule has 108 valence electrons. The first-order chi connectivity index (χ1) is 10.6. The molecule has 0 aliphatic heterocycles. The molecule has 22 heavy (non-hydrogen) atoms. The van der Waals surface area contributed by atoms with Crippen molar-refractivity contribution in [3.63, 3.8) is 0 Å². The van der Waals surface area contributed by atoms with Crippen LogP contribution in [0.1, 0.15) is 0 Å². The molecule has 0 fully saturated rings. The van der Waals surface area contributed by atoms with Crippen molar-refractivity contribution in [2.24, 2.45) is 0 Å². The summed E-state index contributed by atoms with van der Waals surface area (Å²) in [5, 5.41) is 21.3. The maximum atomic E-state index is 8.74. The summed E-state index contributed by atoms with van der Waals surface area (Å²) in [7, 11) is 0. The molecule has 0 heterocycles. The second kappa shape index (κ2) is 7.38. The molecular weight excluding hydrogens is 321 g/mol. The summed E-state index contributed by atoms with van der Waals surface area (Å²) >= 11 is 12.0. The van der Waals surface area contributed by atoms with Crippen molar-refractivity contribution in [2.75, 3.05) is 5.32 Å². The van der Waals surface area contributed by atoms with Gasteiger partial charge in [-0.3, -0.25) is 0 Å². The van der Waals surface area contributed by atoms with Crippen LogP contribution < -0.4 is 10.1 Å². The van der Waals surface area contributed by atoms with Crippen LogP contribution in [0, 0.1) is 22.7 Å². The molecule has 0 amide bonds. The summed E-state index contributed by atoms with van der Waals surface area (Å²) in [5.41, 5.74) is 0.444. The van der Waals surface area contributed by atoms with Gasteiger partial charge in [0.05, 0.1) is 10.7 Å². The van der Waals surface area contributed by atoms with Gasteiger partial charge in [0.2, 0.25) is 0 Å². The number of hydrogen-bond acceptors (Lipinski definition) is 4. The summed E-state index contributed by atoms with van der Waals surface area (Å²) in [6.45, 7) is 0. The van der Waals surface area contributed by atoms with Gasteiger partial charge in [-0.05, 0) is 30.3 Å². The fraction of sp³-hybridized carbons (Fsp3) is 0. The number of allylic oxidation sites excluding steroid dienone is 1. The van der Waals surface area contributed by atoms with Crippen LogP contribution in [0.4, 0.5) is 5.69 Å². The van der Waals surface area contributed by atoms with Gasteiger partial charge in [0.25, 0.3) is 0 Å². The zero-order valence-electron chi connectivity index (χ0n) is 11.2. The second-order valence-corrected chi connectivity index (χ2v) is 4.94. The third-order valence-electron chi connectivity index (χ3n) is 2.61. The number of rotatable bonds is 4. The lowest BCUT2D eigenvalue weighted by atomic mass is 10.2. The van der Waals surface area contributed by atoms with Gasteiger partial charge in [0.1, 0.15) is 23.5 Å². The van der Waals surface area contributed by atoms with E-state index >= 15 is 0 Å². The third-order valence-corrected chi connectivity index (χ3v) is 3.16. The Hall–Kier alpha value is -2.66. The maximum Gasteiger partial charge on any atom is 0.151 e. The highest BCUT2D eigenvalue weighted by Crippen LogP contribution is 2.35. The van der Waals surface area contributed by atoms with Gasteiger partial charge in [-0.2, -0.15) is 10.5 Å². The topological polar surface area (TPSA) is 68.8 Å². The molecular formula is C16H9Cl2N3O. The van der Waals surface area contributed by atoms with Crippen LogP contribution in [0.3, 0.4) is 0 Å². The van der Waals surface area contributed by atoms with Gasteiger partial charge in [-0.15, -0.1) is 0 Å². The average molecular weight is 330 g/mol. The van der Waals surface area contributed by atoms with Crippen LogP contribution >= 0.6 is 23.2 Å². The molecule has 0 spiro atoms. The second-order valence-electron chi connectivity index (χ2n) is 4.10. The first-order valence-electron chi connectivity index (χ1n) is 6.13. The fourth-order valence-electron chi connectivity index (χ4n) is 1.59. The maximum absolute atomic E-state index is 8.74. The zero-order chi connectivity index (χ0) is 15.9. The first-order valence-corrected chi connectivity index (χ1v) is 6.88. The Bertz CT molecular complexity index is 788. The highest BCUT2D eigenvalue weighted by Gasteiger charge is 2.08. The Morgan fingerprint density at radius 3 is 2.45 bits per heavy atom. The van der Waals surface area contributed by atoms with E-state index in [2.05, 4.69) is 5.32 Å². The van der Waals surface area contributed by atoms with Crippen LogP contribution in [0.25, 0.3) is 0 Å². The highest BCUT2D eigenvalue weighted by atomic mass is 35.5. The predicted octanol–water partition coefficient (Wildman–Crippen LogP) is 5.13. The summed E-state index contributed by atoms with van der Waals surface area (Å²) in [5.74, 6) is 0.947. The van der Waals surface area contributed by atoms with Crippen LogP contribution in [0.2, 0.25) is 10.0 Å². The molecule has 2 aromatic rings. The van der Waals surface area contributed by atoms with E-state index < -0.39 is 0 Å².